The van der Waals surface area contributed by atoms with Gasteiger partial charge in [-0.25, -0.2) is 18.4 Å². The number of carboxylic acid groups (broad SMARTS) is 1. The number of esters is 1. The molecule has 0 spiro atoms. The first-order chi connectivity index (χ1) is 21.5. The minimum Gasteiger partial charge on any atom is -0.478 e. The van der Waals surface area contributed by atoms with Crippen LogP contribution in [0.1, 0.15) is 0 Å². The Bertz CT molecular complexity index is 1050. The van der Waals surface area contributed by atoms with Gasteiger partial charge in [0.15, 0.2) is 0 Å². The summed E-state index contributed by atoms with van der Waals surface area (Å²) in [7, 11) is 0. The van der Waals surface area contributed by atoms with Gasteiger partial charge in [-0.1, -0.05) is 36.7 Å². The summed E-state index contributed by atoms with van der Waals surface area (Å²) < 4.78 is 256. The number of aliphatic hydroxyl groups excluding tert-OH is 1. The summed E-state index contributed by atoms with van der Waals surface area (Å²) in [4.78, 5) is 19.8. The highest BCUT2D eigenvalue weighted by atomic mass is 32.2. The van der Waals surface area contributed by atoms with E-state index in [1.165, 1.54) is 0 Å². The molecule has 0 bridgehead atoms. The smallest absolute Gasteiger partial charge is 0.462 e. The highest BCUT2D eigenvalue weighted by molar-refractivity contribution is 8.00. The van der Waals surface area contributed by atoms with Crippen LogP contribution in [0.3, 0.4) is 0 Å². The van der Waals surface area contributed by atoms with Gasteiger partial charge in [0.05, 0.1) is 6.61 Å². The Morgan fingerprint density at radius 3 is 1.18 bits per heavy atom. The molecule has 49 heavy (non-hydrogen) atoms. The largest absolute Gasteiger partial charge is 0.478 e. The average molecular weight is 814 g/mol. The van der Waals surface area contributed by atoms with Gasteiger partial charge < -0.3 is 14.9 Å². The van der Waals surface area contributed by atoms with Crippen molar-refractivity contribution in [3.8, 4) is 0 Å². The quantitative estimate of drug-likeness (QED) is 0.0660. The fourth-order valence-electron chi connectivity index (χ4n) is 1.57. The zero-order valence-electron chi connectivity index (χ0n) is 22.9. The number of thioether (sulfide) groups is 2. The van der Waals surface area contributed by atoms with E-state index < -0.39 is 120 Å². The molecule has 2 atom stereocenters. The third kappa shape index (κ3) is 16.4. The highest BCUT2D eigenvalue weighted by Gasteiger charge is 2.77. The Kier molecular flexibility index (Phi) is 20.1. The maximum atomic E-state index is 13.1. The lowest BCUT2D eigenvalue weighted by Gasteiger charge is -2.30. The second-order valence-electron chi connectivity index (χ2n) is 7.50. The molecular weight excluding hydrogens is 796 g/mol. The van der Waals surface area contributed by atoms with Crippen LogP contribution >= 0.6 is 23.5 Å². The Balaban J connectivity index is -0.000000766. The molecule has 0 aliphatic rings. The number of aliphatic carboxylic acids is 1. The molecule has 0 aliphatic heterocycles. The van der Waals surface area contributed by atoms with Crippen molar-refractivity contribution in [1.29, 1.82) is 0 Å². The van der Waals surface area contributed by atoms with E-state index in [-0.39, 0.29) is 0 Å². The van der Waals surface area contributed by atoms with Crippen LogP contribution in [-0.4, -0.2) is 107 Å². The Hall–Kier alpha value is -2.40. The third-order valence-corrected chi connectivity index (χ3v) is 5.72. The van der Waals surface area contributed by atoms with Crippen molar-refractivity contribution in [3.63, 3.8) is 0 Å². The number of alkyl halides is 20. The molecule has 0 aromatic rings. The van der Waals surface area contributed by atoms with E-state index in [1.807, 2.05) is 0 Å². The summed E-state index contributed by atoms with van der Waals surface area (Å²) >= 11 is -1.60. The van der Waals surface area contributed by atoms with Crippen LogP contribution in [0.25, 0.3) is 0 Å². The Labute approximate surface area is 267 Å². The molecule has 0 heterocycles. The standard InChI is InChI=1S/C10H8F10O3S.C7H6F10O2S.C3H4O2/c1-2-5(21)22-3-4-24-7(12,13)6(11)23-10(19,20)8(14,15)9(16,17)18;8-3(4(9,10)20-2-1-18)19-7(16,17)5(11,12)6(13,14)15;1-2-3(4)5/h2,6H,1,3-4H2;3,18H,1-2H2;2H,1H2,(H,4,5). The van der Waals surface area contributed by atoms with Crippen LogP contribution in [0.4, 0.5) is 87.8 Å². The monoisotopic (exact) mass is 814 g/mol. The first-order valence-electron chi connectivity index (χ1n) is 11.1. The van der Waals surface area contributed by atoms with E-state index in [2.05, 4.69) is 27.4 Å². The topological polar surface area (TPSA) is 102 Å². The zero-order chi connectivity index (χ0) is 40.1. The molecule has 0 amide bonds. The summed E-state index contributed by atoms with van der Waals surface area (Å²) in [5.74, 6) is -17.6. The molecule has 292 valence electrons. The molecule has 0 fully saturated rings. The van der Waals surface area contributed by atoms with Gasteiger partial charge in [-0.15, -0.1) is 0 Å². The van der Waals surface area contributed by atoms with Crippen LogP contribution < -0.4 is 0 Å². The van der Waals surface area contributed by atoms with Gasteiger partial charge in [-0.2, -0.15) is 79.0 Å². The minimum atomic E-state index is -6.90. The fourth-order valence-corrected chi connectivity index (χ4v) is 2.73. The number of carboxylic acids is 1. The molecule has 0 aromatic carbocycles. The van der Waals surface area contributed by atoms with Crippen LogP contribution in [0, 0.1) is 0 Å². The molecule has 2 N–H and O–H groups in total. The summed E-state index contributed by atoms with van der Waals surface area (Å²) in [5.41, 5.74) is 0. The molecule has 0 saturated carbocycles. The predicted molar refractivity (Wildman–Crippen MR) is 125 cm³/mol. The normalized spacial score (nSPS) is 14.7. The van der Waals surface area contributed by atoms with Crippen molar-refractivity contribution < 1.29 is 122 Å². The molecule has 0 radical (unpaired) electrons. The molecule has 2 unspecified atom stereocenters. The van der Waals surface area contributed by atoms with E-state index in [0.29, 0.717) is 6.08 Å². The van der Waals surface area contributed by atoms with Crippen LogP contribution in [0.2, 0.25) is 0 Å². The Morgan fingerprint density at radius 1 is 0.633 bits per heavy atom. The summed E-state index contributed by atoms with van der Waals surface area (Å²) in [6.07, 6.45) is -34.3. The Morgan fingerprint density at radius 2 is 0.939 bits per heavy atom. The average Bonchev–Trinajstić information content (AvgIpc) is 2.92. The zero-order valence-corrected chi connectivity index (χ0v) is 24.5. The van der Waals surface area contributed by atoms with Crippen LogP contribution in [0.15, 0.2) is 25.3 Å². The molecule has 0 aliphatic carbocycles. The molecule has 7 nitrogen and oxygen atoms in total. The summed E-state index contributed by atoms with van der Waals surface area (Å²) in [6.45, 7) is 4.19. The van der Waals surface area contributed by atoms with Crippen molar-refractivity contribution >= 4 is 35.5 Å². The van der Waals surface area contributed by atoms with Crippen molar-refractivity contribution in [2.45, 2.75) is 59.6 Å². The van der Waals surface area contributed by atoms with Gasteiger partial charge in [-0.3, -0.25) is 9.47 Å². The van der Waals surface area contributed by atoms with E-state index in [1.54, 1.807) is 0 Å². The number of aliphatic hydroxyl groups is 1. The third-order valence-electron chi connectivity index (χ3n) is 3.82. The number of hydrogen-bond donors (Lipinski definition) is 2. The molecule has 0 rings (SSSR count). The number of ether oxygens (including phenoxy) is 3. The lowest BCUT2D eigenvalue weighted by Crippen LogP contribution is -2.55. The minimum absolute atomic E-state index is 0.643. The first kappa shape index (κ1) is 51.0. The summed E-state index contributed by atoms with van der Waals surface area (Å²) in [6, 6.07) is 0. The lowest BCUT2D eigenvalue weighted by atomic mass is 10.3. The highest BCUT2D eigenvalue weighted by Crippen LogP contribution is 2.50. The lowest BCUT2D eigenvalue weighted by molar-refractivity contribution is -0.446. The van der Waals surface area contributed by atoms with Crippen molar-refractivity contribution in [1.82, 2.24) is 0 Å². The van der Waals surface area contributed by atoms with E-state index in [0.717, 1.165) is 6.08 Å². The molecule has 0 saturated heterocycles. The van der Waals surface area contributed by atoms with E-state index in [9.17, 15) is 97.4 Å². The van der Waals surface area contributed by atoms with Gasteiger partial charge in [0.25, 0.3) is 12.7 Å². The number of halogens is 20. The SMILES string of the molecule is C=CC(=O)O.C=CC(=O)OCCSC(F)(F)C(F)OC(F)(F)C(F)(F)C(F)(F)F.OCCSC(F)(F)C(F)OC(F)(F)C(F)(F)C(F)(F)F. The van der Waals surface area contributed by atoms with Gasteiger partial charge in [0, 0.05) is 23.7 Å². The predicted octanol–water partition coefficient (Wildman–Crippen LogP) is 7.81. The van der Waals surface area contributed by atoms with Crippen molar-refractivity contribution in [2.24, 2.45) is 0 Å². The van der Waals surface area contributed by atoms with E-state index in [4.69, 9.17) is 10.2 Å². The van der Waals surface area contributed by atoms with Gasteiger partial charge in [0.1, 0.15) is 6.61 Å². The van der Waals surface area contributed by atoms with Crippen LogP contribution in [-0.2, 0) is 23.8 Å². The summed E-state index contributed by atoms with van der Waals surface area (Å²) in [5, 5.41) is 5.97. The molecule has 0 aromatic heterocycles. The van der Waals surface area contributed by atoms with Crippen LogP contribution in [0.5, 0.6) is 0 Å². The van der Waals surface area contributed by atoms with Gasteiger partial charge in [-0.05, 0) is 0 Å². The van der Waals surface area contributed by atoms with Crippen molar-refractivity contribution in [3.05, 3.63) is 25.3 Å². The first-order valence-corrected chi connectivity index (χ1v) is 13.1. The number of hydrogen-bond acceptors (Lipinski definition) is 8. The number of rotatable bonds is 17. The molecular formula is C20H18F20O7S2. The fraction of sp³-hybridized carbons (Fsp3) is 0.700. The maximum Gasteiger partial charge on any atom is 0.462 e. The number of carbonyl (C=O) groups is 2. The molecule has 29 heteroatoms. The van der Waals surface area contributed by atoms with E-state index >= 15 is 0 Å². The van der Waals surface area contributed by atoms with Crippen molar-refractivity contribution in [2.75, 3.05) is 24.7 Å². The second-order valence-corrected chi connectivity index (χ2v) is 9.99. The maximum absolute atomic E-state index is 13.1. The number of carbonyl (C=O) groups excluding carboxylic acids is 1. The second kappa shape index (κ2) is 19.3. The van der Waals surface area contributed by atoms with Gasteiger partial charge in [0.2, 0.25) is 0 Å². The van der Waals surface area contributed by atoms with Gasteiger partial charge >= 0.3 is 58.9 Å².